The summed E-state index contributed by atoms with van der Waals surface area (Å²) in [5.74, 6) is -0.601. The third-order valence-corrected chi connectivity index (χ3v) is 5.12. The molecule has 1 rings (SSSR count). The van der Waals surface area contributed by atoms with Crippen LogP contribution in [0.2, 0.25) is 0 Å². The molecule has 0 saturated heterocycles. The normalized spacial score (nSPS) is 24.9. The van der Waals surface area contributed by atoms with Gasteiger partial charge >= 0.3 is 5.97 Å². The second kappa shape index (κ2) is 11.1. The van der Waals surface area contributed by atoms with Crippen LogP contribution in [0.4, 0.5) is 0 Å². The molecule has 4 nitrogen and oxygen atoms in total. The van der Waals surface area contributed by atoms with Crippen LogP contribution in [0.25, 0.3) is 0 Å². The number of allylic oxidation sites excluding steroid dienone is 4. The van der Waals surface area contributed by atoms with Gasteiger partial charge in [0.05, 0.1) is 12.7 Å². The minimum atomic E-state index is -0.574. The number of ether oxygens (including phenoxy) is 1. The molecule has 0 unspecified atom stereocenters. The molecule has 0 amide bonds. The van der Waals surface area contributed by atoms with Crippen LogP contribution >= 0.6 is 0 Å². The Balaban J connectivity index is 3.16. The van der Waals surface area contributed by atoms with Gasteiger partial charge in [0, 0.05) is 12.8 Å². The van der Waals surface area contributed by atoms with Crippen LogP contribution in [0, 0.1) is 17.8 Å². The Morgan fingerprint density at radius 1 is 1.35 bits per heavy atom. The Hall–Kier alpha value is -1.68. The molecular weight excluding hydrogens is 328 g/mol. The molecule has 1 aliphatic rings. The number of aliphatic hydroxyl groups excluding tert-OH is 1. The number of aliphatic hydroxyl groups is 1. The van der Waals surface area contributed by atoms with Crippen molar-refractivity contribution >= 4 is 12.3 Å². The van der Waals surface area contributed by atoms with Crippen molar-refractivity contribution < 1.29 is 19.4 Å². The second-order valence-corrected chi connectivity index (χ2v) is 7.70. The molecule has 0 bridgehead atoms. The number of aldehydes is 1. The van der Waals surface area contributed by atoms with Crippen molar-refractivity contribution in [1.82, 2.24) is 0 Å². The fourth-order valence-corrected chi connectivity index (χ4v) is 3.74. The van der Waals surface area contributed by atoms with E-state index in [4.69, 9.17) is 4.74 Å². The summed E-state index contributed by atoms with van der Waals surface area (Å²) < 4.78 is 5.27. The van der Waals surface area contributed by atoms with Crippen molar-refractivity contribution in [3.8, 4) is 0 Å². The first-order valence-electron chi connectivity index (χ1n) is 9.51. The summed E-state index contributed by atoms with van der Waals surface area (Å²) in [6.45, 7) is 9.78. The summed E-state index contributed by atoms with van der Waals surface area (Å²) in [7, 11) is 0. The maximum Gasteiger partial charge on any atom is 0.302 e. The fourth-order valence-electron chi connectivity index (χ4n) is 3.74. The zero-order valence-electron chi connectivity index (χ0n) is 16.8. The summed E-state index contributed by atoms with van der Waals surface area (Å²) in [5, 5.41) is 11.0. The first-order chi connectivity index (χ1) is 12.3. The third kappa shape index (κ3) is 7.28. The van der Waals surface area contributed by atoms with Crippen LogP contribution in [0.15, 0.2) is 34.9 Å². The van der Waals surface area contributed by atoms with E-state index in [0.717, 1.165) is 24.7 Å². The molecular formula is C22H34O4. The number of rotatable bonds is 7. The molecule has 0 heterocycles. The molecule has 0 saturated carbocycles. The molecule has 0 aromatic rings. The topological polar surface area (TPSA) is 63.6 Å². The first-order valence-corrected chi connectivity index (χ1v) is 9.51. The van der Waals surface area contributed by atoms with Crippen molar-refractivity contribution in [2.24, 2.45) is 17.8 Å². The van der Waals surface area contributed by atoms with Gasteiger partial charge < -0.3 is 9.84 Å². The second-order valence-electron chi connectivity index (χ2n) is 7.70. The molecule has 0 fully saturated rings. The summed E-state index contributed by atoms with van der Waals surface area (Å²) in [6, 6.07) is 0. The van der Waals surface area contributed by atoms with E-state index >= 15 is 0 Å². The number of esters is 1. The standard InChI is InChI=1S/C22H34O4/c1-15(2)8-6-10-17(4)22-20(14-26-18(5)24)19(13-23)11-7-9-16(3)12-21(22)25/h8-9,11,13,17,20-22,25H,6-7,10,12,14H2,1-5H3/t17-,20-,21-,22+/m1/s1. The van der Waals surface area contributed by atoms with Crippen molar-refractivity contribution in [3.05, 3.63) is 34.9 Å². The average Bonchev–Trinajstić information content (AvgIpc) is 2.59. The van der Waals surface area contributed by atoms with Crippen LogP contribution in [0.3, 0.4) is 0 Å². The lowest BCUT2D eigenvalue weighted by Crippen LogP contribution is -2.37. The average molecular weight is 363 g/mol. The van der Waals surface area contributed by atoms with Gasteiger partial charge in [-0.25, -0.2) is 0 Å². The monoisotopic (exact) mass is 362 g/mol. The lowest BCUT2D eigenvalue weighted by Gasteiger charge is -2.35. The maximum absolute atomic E-state index is 11.7. The predicted octanol–water partition coefficient (Wildman–Crippen LogP) is 4.39. The van der Waals surface area contributed by atoms with Gasteiger partial charge in [-0.15, -0.1) is 0 Å². The van der Waals surface area contributed by atoms with Crippen molar-refractivity contribution in [2.45, 2.75) is 66.4 Å². The lowest BCUT2D eigenvalue weighted by molar-refractivity contribution is -0.143. The number of hydrogen-bond donors (Lipinski definition) is 1. The van der Waals surface area contributed by atoms with E-state index in [1.165, 1.54) is 12.5 Å². The number of carbonyl (C=O) groups excluding carboxylic acids is 2. The predicted molar refractivity (Wildman–Crippen MR) is 105 cm³/mol. The molecule has 146 valence electrons. The summed E-state index contributed by atoms with van der Waals surface area (Å²) in [4.78, 5) is 23.1. The molecule has 1 N–H and O–H groups in total. The molecule has 0 aromatic carbocycles. The van der Waals surface area contributed by atoms with Gasteiger partial charge in [-0.1, -0.05) is 36.3 Å². The highest BCUT2D eigenvalue weighted by Crippen LogP contribution is 2.36. The van der Waals surface area contributed by atoms with E-state index in [2.05, 4.69) is 26.8 Å². The Morgan fingerprint density at radius 3 is 2.62 bits per heavy atom. The van der Waals surface area contributed by atoms with E-state index in [-0.39, 0.29) is 30.3 Å². The molecule has 0 aliphatic heterocycles. The molecule has 1 aliphatic carbocycles. The van der Waals surface area contributed by atoms with E-state index in [0.29, 0.717) is 18.4 Å². The van der Waals surface area contributed by atoms with E-state index in [1.54, 1.807) is 0 Å². The van der Waals surface area contributed by atoms with Gasteiger partial charge in [-0.3, -0.25) is 9.59 Å². The van der Waals surface area contributed by atoms with Crippen molar-refractivity contribution in [3.63, 3.8) is 0 Å². The van der Waals surface area contributed by atoms with Gasteiger partial charge in [0.1, 0.15) is 6.29 Å². The highest BCUT2D eigenvalue weighted by Gasteiger charge is 2.36. The summed E-state index contributed by atoms with van der Waals surface area (Å²) in [5.41, 5.74) is 3.01. The van der Waals surface area contributed by atoms with Gasteiger partial charge in [-0.2, -0.15) is 0 Å². The van der Waals surface area contributed by atoms with Gasteiger partial charge in [-0.05, 0) is 63.9 Å². The SMILES string of the molecule is CC(=O)OC[C@@H]1C(C=O)=CCC=C(C)C[C@@H](O)[C@H]1[C@H](C)CCC=C(C)C. The van der Waals surface area contributed by atoms with E-state index in [9.17, 15) is 14.7 Å². The van der Waals surface area contributed by atoms with Crippen molar-refractivity contribution in [2.75, 3.05) is 6.61 Å². The minimum absolute atomic E-state index is 0.133. The third-order valence-electron chi connectivity index (χ3n) is 5.12. The van der Waals surface area contributed by atoms with Crippen LogP contribution in [0.1, 0.15) is 60.3 Å². The van der Waals surface area contributed by atoms with Crippen LogP contribution < -0.4 is 0 Å². The molecule has 0 spiro atoms. The van der Waals surface area contributed by atoms with Gasteiger partial charge in [0.15, 0.2) is 0 Å². The number of hydrogen-bond acceptors (Lipinski definition) is 4. The Bertz CT molecular complexity index is 567. The van der Waals surface area contributed by atoms with E-state index < -0.39 is 6.10 Å². The summed E-state index contributed by atoms with van der Waals surface area (Å²) in [6.07, 6.45) is 9.50. The highest BCUT2D eigenvalue weighted by molar-refractivity contribution is 5.74. The maximum atomic E-state index is 11.7. The van der Waals surface area contributed by atoms with E-state index in [1.807, 2.05) is 19.1 Å². The van der Waals surface area contributed by atoms with Crippen molar-refractivity contribution in [1.29, 1.82) is 0 Å². The van der Waals surface area contributed by atoms with Crippen LogP contribution in [0.5, 0.6) is 0 Å². The Kier molecular flexibility index (Phi) is 9.57. The first kappa shape index (κ1) is 22.4. The zero-order valence-corrected chi connectivity index (χ0v) is 16.8. The number of carbonyl (C=O) groups is 2. The lowest BCUT2D eigenvalue weighted by atomic mass is 9.73. The molecule has 0 aromatic heterocycles. The Labute approximate surface area is 158 Å². The quantitative estimate of drug-likeness (QED) is 0.414. The molecule has 26 heavy (non-hydrogen) atoms. The smallest absolute Gasteiger partial charge is 0.302 e. The van der Waals surface area contributed by atoms with Gasteiger partial charge in [0.25, 0.3) is 0 Å². The Morgan fingerprint density at radius 2 is 2.04 bits per heavy atom. The van der Waals surface area contributed by atoms with Crippen LogP contribution in [-0.4, -0.2) is 30.1 Å². The molecule has 4 atom stereocenters. The fraction of sp³-hybridized carbons (Fsp3) is 0.636. The van der Waals surface area contributed by atoms with Crippen LogP contribution in [-0.2, 0) is 14.3 Å². The van der Waals surface area contributed by atoms with Gasteiger partial charge in [0.2, 0.25) is 0 Å². The largest absolute Gasteiger partial charge is 0.465 e. The zero-order chi connectivity index (χ0) is 19.7. The minimum Gasteiger partial charge on any atom is -0.465 e. The molecule has 0 radical (unpaired) electrons. The summed E-state index contributed by atoms with van der Waals surface area (Å²) >= 11 is 0. The highest BCUT2D eigenvalue weighted by atomic mass is 16.5. The molecule has 4 heteroatoms.